The molecule has 0 radical (unpaired) electrons. The van der Waals surface area contributed by atoms with Gasteiger partial charge in [0.05, 0.1) is 17.6 Å². The Labute approximate surface area is 111 Å². The van der Waals surface area contributed by atoms with Crippen LogP contribution in [0.1, 0.15) is 23.7 Å². The normalized spacial score (nSPS) is 11.3. The Bertz CT molecular complexity index is 705. The molecule has 5 nitrogen and oxygen atoms in total. The van der Waals surface area contributed by atoms with Crippen LogP contribution in [0.2, 0.25) is 0 Å². The molecule has 0 amide bonds. The van der Waals surface area contributed by atoms with Crippen LogP contribution in [0.25, 0.3) is 11.0 Å². The van der Waals surface area contributed by atoms with Crippen molar-refractivity contribution >= 4 is 16.9 Å². The minimum atomic E-state index is 0.599. The van der Waals surface area contributed by atoms with Gasteiger partial charge >= 0.3 is 0 Å². The molecule has 2 heterocycles. The van der Waals surface area contributed by atoms with Gasteiger partial charge in [-0.05, 0) is 18.9 Å². The molecule has 0 aliphatic carbocycles. The van der Waals surface area contributed by atoms with E-state index in [0.29, 0.717) is 12.4 Å². The highest BCUT2D eigenvalue weighted by Gasteiger charge is 2.15. The SMILES string of the molecule is CCc1nn(Cc2ccc(C)cc2)c2n[nH]c(N)c12. The fourth-order valence-electron chi connectivity index (χ4n) is 2.28. The lowest BCUT2D eigenvalue weighted by atomic mass is 10.1. The predicted octanol–water partition coefficient (Wildman–Crippen LogP) is 2.26. The van der Waals surface area contributed by atoms with Gasteiger partial charge in [-0.15, -0.1) is 0 Å². The van der Waals surface area contributed by atoms with Crippen molar-refractivity contribution in [3.63, 3.8) is 0 Å². The summed E-state index contributed by atoms with van der Waals surface area (Å²) in [5.41, 5.74) is 10.2. The molecule has 0 saturated carbocycles. The number of aryl methyl sites for hydroxylation is 2. The molecule has 3 N–H and O–H groups in total. The molecule has 98 valence electrons. The quantitative estimate of drug-likeness (QED) is 0.754. The third-order valence-electron chi connectivity index (χ3n) is 3.34. The minimum Gasteiger partial charge on any atom is -0.383 e. The summed E-state index contributed by atoms with van der Waals surface area (Å²) in [6.45, 7) is 4.87. The second kappa shape index (κ2) is 4.42. The first-order valence-electron chi connectivity index (χ1n) is 6.43. The van der Waals surface area contributed by atoms with Crippen LogP contribution in [0.3, 0.4) is 0 Å². The largest absolute Gasteiger partial charge is 0.383 e. The molecule has 3 rings (SSSR count). The monoisotopic (exact) mass is 255 g/mol. The number of rotatable bonds is 3. The van der Waals surface area contributed by atoms with Crippen LogP contribution in [0.5, 0.6) is 0 Å². The summed E-state index contributed by atoms with van der Waals surface area (Å²) in [5.74, 6) is 0.599. The molecular weight excluding hydrogens is 238 g/mol. The number of nitrogen functional groups attached to an aromatic ring is 1. The van der Waals surface area contributed by atoms with Gasteiger partial charge in [-0.3, -0.25) is 5.10 Å². The van der Waals surface area contributed by atoms with E-state index in [2.05, 4.69) is 53.4 Å². The van der Waals surface area contributed by atoms with E-state index in [4.69, 9.17) is 5.73 Å². The molecule has 0 unspecified atom stereocenters. The first-order chi connectivity index (χ1) is 9.19. The van der Waals surface area contributed by atoms with Gasteiger partial charge in [0.15, 0.2) is 5.65 Å². The zero-order valence-corrected chi connectivity index (χ0v) is 11.1. The summed E-state index contributed by atoms with van der Waals surface area (Å²) >= 11 is 0. The maximum atomic E-state index is 5.91. The van der Waals surface area contributed by atoms with Crippen molar-refractivity contribution in [2.75, 3.05) is 5.73 Å². The van der Waals surface area contributed by atoms with Gasteiger partial charge in [0.1, 0.15) is 5.82 Å². The minimum absolute atomic E-state index is 0.599. The van der Waals surface area contributed by atoms with E-state index in [0.717, 1.165) is 23.1 Å². The van der Waals surface area contributed by atoms with Crippen molar-refractivity contribution in [1.82, 2.24) is 20.0 Å². The van der Waals surface area contributed by atoms with Crippen molar-refractivity contribution in [3.8, 4) is 0 Å². The van der Waals surface area contributed by atoms with Crippen LogP contribution < -0.4 is 5.73 Å². The zero-order valence-electron chi connectivity index (χ0n) is 11.1. The van der Waals surface area contributed by atoms with Gasteiger partial charge in [-0.1, -0.05) is 36.8 Å². The first kappa shape index (κ1) is 11.8. The molecule has 0 aliphatic rings. The number of anilines is 1. The van der Waals surface area contributed by atoms with Crippen LogP contribution in [0, 0.1) is 6.92 Å². The van der Waals surface area contributed by atoms with E-state index in [-0.39, 0.29) is 0 Å². The van der Waals surface area contributed by atoms with Crippen LogP contribution in [-0.4, -0.2) is 20.0 Å². The van der Waals surface area contributed by atoms with E-state index in [1.807, 2.05) is 4.68 Å². The van der Waals surface area contributed by atoms with Crippen molar-refractivity contribution in [3.05, 3.63) is 41.1 Å². The maximum Gasteiger partial charge on any atom is 0.182 e. The smallest absolute Gasteiger partial charge is 0.182 e. The molecule has 0 atom stereocenters. The van der Waals surface area contributed by atoms with Gasteiger partial charge in [-0.2, -0.15) is 10.2 Å². The van der Waals surface area contributed by atoms with Crippen molar-refractivity contribution in [2.45, 2.75) is 26.8 Å². The zero-order chi connectivity index (χ0) is 13.4. The molecule has 0 saturated heterocycles. The molecule has 5 heteroatoms. The van der Waals surface area contributed by atoms with E-state index in [1.54, 1.807) is 0 Å². The number of aromatic nitrogens is 4. The number of hydrogen-bond acceptors (Lipinski definition) is 3. The number of nitrogens with zero attached hydrogens (tertiary/aromatic N) is 3. The highest BCUT2D eigenvalue weighted by molar-refractivity contribution is 5.88. The molecular formula is C14H17N5. The molecule has 0 aliphatic heterocycles. The first-order valence-corrected chi connectivity index (χ1v) is 6.43. The molecule has 0 bridgehead atoms. The Morgan fingerprint density at radius 3 is 2.68 bits per heavy atom. The lowest BCUT2D eigenvalue weighted by Gasteiger charge is -2.02. The van der Waals surface area contributed by atoms with Crippen LogP contribution in [0.4, 0.5) is 5.82 Å². The van der Waals surface area contributed by atoms with E-state index >= 15 is 0 Å². The average molecular weight is 255 g/mol. The fraction of sp³-hybridized carbons (Fsp3) is 0.286. The lowest BCUT2D eigenvalue weighted by molar-refractivity contribution is 0.685. The van der Waals surface area contributed by atoms with Gasteiger partial charge < -0.3 is 5.73 Å². The highest BCUT2D eigenvalue weighted by atomic mass is 15.3. The van der Waals surface area contributed by atoms with Crippen molar-refractivity contribution < 1.29 is 0 Å². The summed E-state index contributed by atoms with van der Waals surface area (Å²) in [6, 6.07) is 8.44. The van der Waals surface area contributed by atoms with Gasteiger partial charge in [-0.25, -0.2) is 4.68 Å². The van der Waals surface area contributed by atoms with E-state index < -0.39 is 0 Å². The Balaban J connectivity index is 2.03. The summed E-state index contributed by atoms with van der Waals surface area (Å²) in [7, 11) is 0. The third-order valence-corrected chi connectivity index (χ3v) is 3.34. The Morgan fingerprint density at radius 1 is 1.26 bits per heavy atom. The average Bonchev–Trinajstić information content (AvgIpc) is 2.95. The van der Waals surface area contributed by atoms with Crippen molar-refractivity contribution in [1.29, 1.82) is 0 Å². The van der Waals surface area contributed by atoms with Crippen LogP contribution >= 0.6 is 0 Å². The summed E-state index contributed by atoms with van der Waals surface area (Å²) in [5, 5.41) is 12.6. The molecule has 0 fully saturated rings. The number of nitrogens with two attached hydrogens (primary N) is 1. The molecule has 0 spiro atoms. The molecule has 19 heavy (non-hydrogen) atoms. The number of H-pyrrole nitrogens is 1. The van der Waals surface area contributed by atoms with Crippen LogP contribution in [-0.2, 0) is 13.0 Å². The van der Waals surface area contributed by atoms with Crippen LogP contribution in [0.15, 0.2) is 24.3 Å². The van der Waals surface area contributed by atoms with E-state index in [1.165, 1.54) is 11.1 Å². The highest BCUT2D eigenvalue weighted by Crippen LogP contribution is 2.23. The number of aromatic amines is 1. The van der Waals surface area contributed by atoms with Gasteiger partial charge in [0, 0.05) is 0 Å². The van der Waals surface area contributed by atoms with E-state index in [9.17, 15) is 0 Å². The molecule has 1 aromatic carbocycles. The number of benzene rings is 1. The number of nitrogens with one attached hydrogen (secondary N) is 1. The Morgan fingerprint density at radius 2 is 2.00 bits per heavy atom. The Hall–Kier alpha value is -2.30. The topological polar surface area (TPSA) is 72.5 Å². The number of hydrogen-bond donors (Lipinski definition) is 2. The lowest BCUT2D eigenvalue weighted by Crippen LogP contribution is -2.03. The standard InChI is InChI=1S/C14H17N5/c1-3-11-12-13(15)16-17-14(12)19(18-11)8-10-6-4-9(2)5-7-10/h4-7H,3,8H2,1-2H3,(H3,15,16,17). The van der Waals surface area contributed by atoms with Gasteiger partial charge in [0.25, 0.3) is 0 Å². The summed E-state index contributed by atoms with van der Waals surface area (Å²) in [4.78, 5) is 0. The third kappa shape index (κ3) is 1.97. The Kier molecular flexibility index (Phi) is 2.74. The number of fused-ring (bicyclic) bond motifs is 1. The summed E-state index contributed by atoms with van der Waals surface area (Å²) in [6.07, 6.45) is 0.848. The van der Waals surface area contributed by atoms with Gasteiger partial charge in [0.2, 0.25) is 0 Å². The molecule has 3 aromatic rings. The molecule has 2 aromatic heterocycles. The predicted molar refractivity (Wildman–Crippen MR) is 76.0 cm³/mol. The second-order valence-corrected chi connectivity index (χ2v) is 4.78. The summed E-state index contributed by atoms with van der Waals surface area (Å²) < 4.78 is 1.91. The fourth-order valence-corrected chi connectivity index (χ4v) is 2.28. The van der Waals surface area contributed by atoms with Crippen molar-refractivity contribution in [2.24, 2.45) is 0 Å². The maximum absolute atomic E-state index is 5.91. The second-order valence-electron chi connectivity index (χ2n) is 4.78.